The van der Waals surface area contributed by atoms with Crippen LogP contribution >= 0.6 is 11.8 Å². The third-order valence-electron chi connectivity index (χ3n) is 8.37. The van der Waals surface area contributed by atoms with Gasteiger partial charge in [-0.1, -0.05) is 65.0 Å². The zero-order valence-corrected chi connectivity index (χ0v) is 28.2. The molecule has 3 heterocycles. The Morgan fingerprint density at radius 1 is 0.957 bits per heavy atom. The standard InChI is InChI=1S/C37H42N4O4S/c1-7-37(8-2,35(42)43)22-32-34(46-36(3,4)5)29-21-28(45-24-27-11-9-10-20-38-27)16-18-31(29)41(32)23-25-12-14-26(15-13-25)30-17-19-33(44-6)40-39-30/h9-21H,7-8,22-24H2,1-6H3,(H,42,43). The fourth-order valence-electron chi connectivity index (χ4n) is 5.61. The molecule has 5 aromatic rings. The summed E-state index contributed by atoms with van der Waals surface area (Å²) >= 11 is 1.78. The molecule has 3 aromatic heterocycles. The van der Waals surface area contributed by atoms with Crippen LogP contribution in [-0.2, 0) is 24.4 Å². The van der Waals surface area contributed by atoms with Crippen molar-refractivity contribution in [2.24, 2.45) is 5.41 Å². The number of aliphatic carboxylic acids is 1. The highest BCUT2D eigenvalue weighted by molar-refractivity contribution is 8.00. The van der Waals surface area contributed by atoms with Gasteiger partial charge in [0.2, 0.25) is 5.88 Å². The molecule has 46 heavy (non-hydrogen) atoms. The van der Waals surface area contributed by atoms with E-state index in [4.69, 9.17) is 9.47 Å². The predicted molar refractivity (Wildman–Crippen MR) is 184 cm³/mol. The number of thioether (sulfide) groups is 1. The number of aromatic nitrogens is 4. The van der Waals surface area contributed by atoms with Crippen molar-refractivity contribution >= 4 is 28.6 Å². The second-order valence-corrected chi connectivity index (χ2v) is 14.3. The van der Waals surface area contributed by atoms with Gasteiger partial charge in [-0.3, -0.25) is 9.78 Å². The van der Waals surface area contributed by atoms with Crippen molar-refractivity contribution in [1.82, 2.24) is 19.7 Å². The first kappa shape index (κ1) is 33.0. The highest BCUT2D eigenvalue weighted by Crippen LogP contribution is 2.45. The monoisotopic (exact) mass is 638 g/mol. The van der Waals surface area contributed by atoms with Crippen LogP contribution in [0.2, 0.25) is 0 Å². The van der Waals surface area contributed by atoms with Crippen molar-refractivity contribution in [3.8, 4) is 22.9 Å². The largest absolute Gasteiger partial charge is 0.487 e. The summed E-state index contributed by atoms with van der Waals surface area (Å²) in [6, 6.07) is 24.0. The third-order valence-corrected chi connectivity index (χ3v) is 9.64. The SMILES string of the molecule is CCC(CC)(Cc1c(SC(C)(C)C)c2cc(OCc3ccccn3)ccc2n1Cc1ccc(-c2ccc(OC)nn2)cc1)C(=O)O. The zero-order valence-electron chi connectivity index (χ0n) is 27.4. The Morgan fingerprint density at radius 2 is 1.72 bits per heavy atom. The van der Waals surface area contributed by atoms with Crippen LogP contribution in [0.3, 0.4) is 0 Å². The van der Waals surface area contributed by atoms with Gasteiger partial charge in [0, 0.05) is 57.0 Å². The van der Waals surface area contributed by atoms with Crippen molar-refractivity contribution in [3.05, 3.63) is 95.9 Å². The summed E-state index contributed by atoms with van der Waals surface area (Å²) in [7, 11) is 1.57. The van der Waals surface area contributed by atoms with Gasteiger partial charge in [-0.2, -0.15) is 0 Å². The number of hydrogen-bond donors (Lipinski definition) is 1. The average molecular weight is 639 g/mol. The number of rotatable bonds is 13. The lowest BCUT2D eigenvalue weighted by Crippen LogP contribution is -2.33. The van der Waals surface area contributed by atoms with Crippen LogP contribution in [0.1, 0.15) is 64.4 Å². The molecule has 0 saturated heterocycles. The Morgan fingerprint density at radius 3 is 2.30 bits per heavy atom. The van der Waals surface area contributed by atoms with Crippen molar-refractivity contribution < 1.29 is 19.4 Å². The van der Waals surface area contributed by atoms with Crippen LogP contribution in [-0.4, -0.2) is 42.7 Å². The number of methoxy groups -OCH3 is 1. The van der Waals surface area contributed by atoms with Crippen LogP contribution in [0, 0.1) is 5.41 Å². The topological polar surface area (TPSA) is 99.4 Å². The number of carboxylic acids is 1. The van der Waals surface area contributed by atoms with E-state index in [2.05, 4.69) is 64.8 Å². The first-order valence-electron chi connectivity index (χ1n) is 15.6. The summed E-state index contributed by atoms with van der Waals surface area (Å²) in [5.41, 5.74) is 4.87. The molecular weight excluding hydrogens is 596 g/mol. The van der Waals surface area contributed by atoms with Crippen LogP contribution in [0.5, 0.6) is 11.6 Å². The summed E-state index contributed by atoms with van der Waals surface area (Å²) in [4.78, 5) is 18.3. The number of benzene rings is 2. The maximum atomic E-state index is 12.8. The maximum absolute atomic E-state index is 12.8. The molecule has 0 unspecified atom stereocenters. The van der Waals surface area contributed by atoms with E-state index < -0.39 is 11.4 Å². The van der Waals surface area contributed by atoms with Crippen molar-refractivity contribution in [1.29, 1.82) is 0 Å². The Bertz CT molecular complexity index is 1780. The molecule has 5 rings (SSSR count). The summed E-state index contributed by atoms with van der Waals surface area (Å²) in [6.07, 6.45) is 3.26. The van der Waals surface area contributed by atoms with Crippen molar-refractivity contribution in [2.75, 3.05) is 7.11 Å². The van der Waals surface area contributed by atoms with Gasteiger partial charge in [-0.25, -0.2) is 0 Å². The Kier molecular flexibility index (Phi) is 10.0. The minimum atomic E-state index is -0.880. The molecule has 0 spiro atoms. The van der Waals surface area contributed by atoms with Gasteiger partial charge in [0.1, 0.15) is 12.4 Å². The minimum absolute atomic E-state index is 0.107. The number of carbonyl (C=O) groups is 1. The Labute approximate surface area is 275 Å². The Hall–Kier alpha value is -4.37. The zero-order chi connectivity index (χ0) is 32.9. The smallest absolute Gasteiger partial charge is 0.310 e. The van der Waals surface area contributed by atoms with Gasteiger partial charge in [-0.15, -0.1) is 22.0 Å². The summed E-state index contributed by atoms with van der Waals surface area (Å²) in [5.74, 6) is 0.460. The maximum Gasteiger partial charge on any atom is 0.310 e. The molecule has 240 valence electrons. The quantitative estimate of drug-likeness (QED) is 0.128. The molecule has 0 saturated carbocycles. The fraction of sp³-hybridized carbons (Fsp3) is 0.351. The lowest BCUT2D eigenvalue weighted by molar-refractivity contribution is -0.149. The Balaban J connectivity index is 1.60. The van der Waals surface area contributed by atoms with E-state index in [0.29, 0.717) is 38.3 Å². The number of carboxylic acid groups (broad SMARTS) is 1. The molecule has 0 radical (unpaired) electrons. The van der Waals surface area contributed by atoms with Crippen LogP contribution in [0.4, 0.5) is 0 Å². The molecule has 0 bridgehead atoms. The highest BCUT2D eigenvalue weighted by Gasteiger charge is 2.38. The van der Waals surface area contributed by atoms with Gasteiger partial charge in [0.15, 0.2) is 0 Å². The van der Waals surface area contributed by atoms with Gasteiger partial charge >= 0.3 is 5.97 Å². The van der Waals surface area contributed by atoms with Gasteiger partial charge in [-0.05, 0) is 54.8 Å². The average Bonchev–Trinajstić information content (AvgIpc) is 3.32. The molecule has 1 N–H and O–H groups in total. The van der Waals surface area contributed by atoms with Crippen molar-refractivity contribution in [2.45, 2.75) is 76.7 Å². The number of pyridine rings is 1. The fourth-order valence-corrected chi connectivity index (χ4v) is 6.79. The van der Waals surface area contributed by atoms with Gasteiger partial charge in [0.25, 0.3) is 0 Å². The molecule has 0 aliphatic heterocycles. The van der Waals surface area contributed by atoms with Gasteiger partial charge < -0.3 is 19.1 Å². The molecule has 0 aliphatic carbocycles. The number of hydrogen-bond acceptors (Lipinski definition) is 7. The van der Waals surface area contributed by atoms with Crippen LogP contribution in [0.15, 0.2) is 83.9 Å². The highest BCUT2D eigenvalue weighted by atomic mass is 32.2. The van der Waals surface area contributed by atoms with Crippen LogP contribution < -0.4 is 9.47 Å². The van der Waals surface area contributed by atoms with E-state index >= 15 is 0 Å². The normalized spacial score (nSPS) is 12.0. The van der Waals surface area contributed by atoms with E-state index in [1.807, 2.05) is 56.3 Å². The lowest BCUT2D eigenvalue weighted by Gasteiger charge is -2.29. The van der Waals surface area contributed by atoms with E-state index in [0.717, 1.165) is 49.8 Å². The summed E-state index contributed by atoms with van der Waals surface area (Å²) < 4.78 is 13.6. The predicted octanol–water partition coefficient (Wildman–Crippen LogP) is 8.45. The number of nitrogens with zero attached hydrogens (tertiary/aromatic N) is 4. The minimum Gasteiger partial charge on any atom is -0.487 e. The van der Waals surface area contributed by atoms with E-state index in [9.17, 15) is 9.90 Å². The molecule has 2 aromatic carbocycles. The first-order chi connectivity index (χ1) is 22.1. The second-order valence-electron chi connectivity index (χ2n) is 12.5. The molecule has 8 nitrogen and oxygen atoms in total. The molecule has 0 aliphatic rings. The second kappa shape index (κ2) is 14.0. The van der Waals surface area contributed by atoms with Crippen molar-refractivity contribution in [3.63, 3.8) is 0 Å². The number of fused-ring (bicyclic) bond motifs is 1. The molecule has 0 amide bonds. The first-order valence-corrected chi connectivity index (χ1v) is 16.4. The summed E-state index contributed by atoms with van der Waals surface area (Å²) in [5, 5.41) is 20.0. The number of ether oxygens (including phenoxy) is 2. The third kappa shape index (κ3) is 7.36. The van der Waals surface area contributed by atoms with Gasteiger partial charge in [0.05, 0.1) is 23.9 Å². The molecule has 0 fully saturated rings. The van der Waals surface area contributed by atoms with E-state index in [-0.39, 0.29) is 4.75 Å². The van der Waals surface area contributed by atoms with E-state index in [1.165, 1.54) is 0 Å². The van der Waals surface area contributed by atoms with Crippen LogP contribution in [0.25, 0.3) is 22.2 Å². The molecule has 9 heteroatoms. The lowest BCUT2D eigenvalue weighted by atomic mass is 9.78. The summed E-state index contributed by atoms with van der Waals surface area (Å²) in [6.45, 7) is 11.5. The van der Waals surface area contributed by atoms with E-state index in [1.54, 1.807) is 31.1 Å². The molecule has 0 atom stereocenters. The molecular formula is C37H42N4O4S.